The smallest absolute Gasteiger partial charge is 0.222 e. The monoisotopic (exact) mass is 311 g/mol. The molecule has 6 heteroatoms. The van der Waals surface area contributed by atoms with E-state index in [9.17, 15) is 9.90 Å². The summed E-state index contributed by atoms with van der Waals surface area (Å²) in [5, 5.41) is 12.2. The van der Waals surface area contributed by atoms with Crippen molar-refractivity contribution in [2.24, 2.45) is 5.41 Å². The lowest BCUT2D eigenvalue weighted by atomic mass is 9.77. The first-order valence-electron chi connectivity index (χ1n) is 7.67. The average molecular weight is 311 g/mol. The third kappa shape index (κ3) is 4.17. The van der Waals surface area contributed by atoms with E-state index < -0.39 is 0 Å². The Kier molecular flexibility index (Phi) is 5.58. The molecular weight excluding hydrogens is 286 g/mol. The van der Waals surface area contributed by atoms with Crippen molar-refractivity contribution in [1.82, 2.24) is 9.88 Å². The lowest BCUT2D eigenvalue weighted by molar-refractivity contribution is -0.135. The summed E-state index contributed by atoms with van der Waals surface area (Å²) in [6, 6.07) is 0. The Morgan fingerprint density at radius 2 is 2.43 bits per heavy atom. The molecule has 0 spiro atoms. The lowest BCUT2D eigenvalue weighted by Gasteiger charge is -2.42. The van der Waals surface area contributed by atoms with E-state index in [1.807, 2.05) is 10.3 Å². The molecule has 2 rings (SSSR count). The number of thiazole rings is 1. The number of nitrogen functional groups attached to an aromatic ring is 1. The van der Waals surface area contributed by atoms with Gasteiger partial charge < -0.3 is 15.7 Å². The number of likely N-dealkylation sites (tertiary alicyclic amines) is 1. The van der Waals surface area contributed by atoms with Crippen LogP contribution < -0.4 is 5.73 Å². The zero-order valence-electron chi connectivity index (χ0n) is 12.7. The number of hydrogen-bond acceptors (Lipinski definition) is 5. The van der Waals surface area contributed by atoms with Gasteiger partial charge in [0.2, 0.25) is 5.91 Å². The van der Waals surface area contributed by atoms with E-state index >= 15 is 0 Å². The summed E-state index contributed by atoms with van der Waals surface area (Å²) in [5.41, 5.74) is 6.40. The van der Waals surface area contributed by atoms with Crippen LogP contribution in [0.15, 0.2) is 5.38 Å². The number of amides is 1. The quantitative estimate of drug-likeness (QED) is 0.843. The Bertz CT molecular complexity index is 473. The summed E-state index contributed by atoms with van der Waals surface area (Å²) in [5.74, 6) is 0.162. The molecule has 1 unspecified atom stereocenters. The molecule has 0 radical (unpaired) electrons. The number of aliphatic hydroxyl groups is 1. The molecule has 1 aromatic heterocycles. The summed E-state index contributed by atoms with van der Waals surface area (Å²) in [6.07, 6.45) is 5.13. The van der Waals surface area contributed by atoms with Gasteiger partial charge in [-0.1, -0.05) is 13.3 Å². The highest BCUT2D eigenvalue weighted by Gasteiger charge is 2.35. The van der Waals surface area contributed by atoms with Gasteiger partial charge in [-0.15, -0.1) is 11.3 Å². The number of aryl methyl sites for hydroxylation is 1. The summed E-state index contributed by atoms with van der Waals surface area (Å²) in [6.45, 7) is 3.80. The zero-order chi connectivity index (χ0) is 15.3. The zero-order valence-corrected chi connectivity index (χ0v) is 13.5. The Morgan fingerprint density at radius 1 is 1.62 bits per heavy atom. The molecule has 1 aliphatic rings. The second-order valence-corrected chi connectivity index (χ2v) is 6.89. The summed E-state index contributed by atoms with van der Waals surface area (Å²) in [4.78, 5) is 18.5. The van der Waals surface area contributed by atoms with Gasteiger partial charge in [0, 0.05) is 30.3 Å². The number of carbonyl (C=O) groups is 1. The van der Waals surface area contributed by atoms with Gasteiger partial charge in [0.05, 0.1) is 12.3 Å². The summed E-state index contributed by atoms with van der Waals surface area (Å²) < 4.78 is 0. The van der Waals surface area contributed by atoms with Gasteiger partial charge in [0.25, 0.3) is 0 Å². The van der Waals surface area contributed by atoms with E-state index in [2.05, 4.69) is 11.9 Å². The molecule has 5 nitrogen and oxygen atoms in total. The first-order chi connectivity index (χ1) is 10.1. The van der Waals surface area contributed by atoms with Crippen LogP contribution in [0.3, 0.4) is 0 Å². The highest BCUT2D eigenvalue weighted by atomic mass is 32.1. The van der Waals surface area contributed by atoms with Crippen LogP contribution in [-0.2, 0) is 11.2 Å². The molecule has 1 atom stereocenters. The largest absolute Gasteiger partial charge is 0.396 e. The standard InChI is InChI=1S/C15H25N3O2S/c1-2-6-15(11-19)7-3-8-18(10-15)13(20)5-4-12-9-21-14(16)17-12/h9,19H,2-8,10-11H2,1H3,(H2,16,17). The predicted molar refractivity (Wildman–Crippen MR) is 85.1 cm³/mol. The molecule has 1 aliphatic heterocycles. The van der Waals surface area contributed by atoms with Crippen molar-refractivity contribution in [3.63, 3.8) is 0 Å². The Hall–Kier alpha value is -1.14. The predicted octanol–water partition coefficient (Wildman–Crippen LogP) is 2.06. The molecule has 1 fully saturated rings. The van der Waals surface area contributed by atoms with E-state index in [1.165, 1.54) is 11.3 Å². The van der Waals surface area contributed by atoms with E-state index in [0.717, 1.165) is 37.9 Å². The highest BCUT2D eigenvalue weighted by Crippen LogP contribution is 2.34. The molecule has 21 heavy (non-hydrogen) atoms. The third-order valence-electron chi connectivity index (χ3n) is 4.29. The van der Waals surface area contributed by atoms with Gasteiger partial charge in [-0.25, -0.2) is 4.98 Å². The maximum atomic E-state index is 12.4. The van der Waals surface area contributed by atoms with Crippen LogP contribution in [0.1, 0.15) is 44.7 Å². The van der Waals surface area contributed by atoms with Gasteiger partial charge in [-0.2, -0.15) is 0 Å². The van der Waals surface area contributed by atoms with Crippen LogP contribution in [0, 0.1) is 5.41 Å². The minimum atomic E-state index is -0.0896. The fourth-order valence-electron chi connectivity index (χ4n) is 3.19. The highest BCUT2D eigenvalue weighted by molar-refractivity contribution is 7.13. The van der Waals surface area contributed by atoms with Crippen LogP contribution in [-0.4, -0.2) is 40.6 Å². The minimum Gasteiger partial charge on any atom is -0.396 e. The molecule has 3 N–H and O–H groups in total. The molecule has 0 saturated carbocycles. The van der Waals surface area contributed by atoms with Crippen molar-refractivity contribution >= 4 is 22.4 Å². The summed E-state index contributed by atoms with van der Waals surface area (Å²) in [7, 11) is 0. The molecule has 1 saturated heterocycles. The molecule has 1 aromatic rings. The van der Waals surface area contributed by atoms with E-state index in [1.54, 1.807) is 0 Å². The van der Waals surface area contributed by atoms with Crippen molar-refractivity contribution in [2.75, 3.05) is 25.4 Å². The van der Waals surface area contributed by atoms with E-state index in [4.69, 9.17) is 5.73 Å². The van der Waals surface area contributed by atoms with Crippen LogP contribution in [0.2, 0.25) is 0 Å². The number of anilines is 1. The van der Waals surface area contributed by atoms with E-state index in [0.29, 0.717) is 24.5 Å². The lowest BCUT2D eigenvalue weighted by Crippen LogP contribution is -2.47. The number of carbonyl (C=O) groups excluding carboxylic acids is 1. The number of nitrogens with two attached hydrogens (primary N) is 1. The van der Waals surface area contributed by atoms with Crippen molar-refractivity contribution in [2.45, 2.75) is 45.4 Å². The van der Waals surface area contributed by atoms with Crippen molar-refractivity contribution in [3.05, 3.63) is 11.1 Å². The van der Waals surface area contributed by atoms with Gasteiger partial charge in [-0.3, -0.25) is 4.79 Å². The van der Waals surface area contributed by atoms with Crippen LogP contribution in [0.25, 0.3) is 0 Å². The second kappa shape index (κ2) is 7.22. The minimum absolute atomic E-state index is 0.0896. The molecule has 2 heterocycles. The van der Waals surface area contributed by atoms with Gasteiger partial charge >= 0.3 is 0 Å². The fourth-order valence-corrected chi connectivity index (χ4v) is 3.79. The third-order valence-corrected chi connectivity index (χ3v) is 5.02. The van der Waals surface area contributed by atoms with Gasteiger partial charge in [-0.05, 0) is 25.7 Å². The average Bonchev–Trinajstić information content (AvgIpc) is 2.91. The van der Waals surface area contributed by atoms with Crippen molar-refractivity contribution < 1.29 is 9.90 Å². The Labute approximate surface area is 130 Å². The first-order valence-corrected chi connectivity index (χ1v) is 8.55. The number of nitrogens with zero attached hydrogens (tertiary/aromatic N) is 2. The Balaban J connectivity index is 1.89. The molecule has 0 bridgehead atoms. The Morgan fingerprint density at radius 3 is 3.05 bits per heavy atom. The van der Waals surface area contributed by atoms with Gasteiger partial charge in [0.1, 0.15) is 0 Å². The van der Waals surface area contributed by atoms with Crippen LogP contribution in [0.5, 0.6) is 0 Å². The fraction of sp³-hybridized carbons (Fsp3) is 0.733. The summed E-state index contributed by atoms with van der Waals surface area (Å²) >= 11 is 1.41. The normalized spacial score (nSPS) is 22.5. The number of hydrogen-bond donors (Lipinski definition) is 2. The van der Waals surface area contributed by atoms with Crippen molar-refractivity contribution in [1.29, 1.82) is 0 Å². The molecule has 0 aliphatic carbocycles. The number of rotatable bonds is 6. The van der Waals surface area contributed by atoms with Crippen molar-refractivity contribution in [3.8, 4) is 0 Å². The van der Waals surface area contributed by atoms with Crippen LogP contribution >= 0.6 is 11.3 Å². The molecule has 118 valence electrons. The topological polar surface area (TPSA) is 79.5 Å². The van der Waals surface area contributed by atoms with Crippen LogP contribution in [0.4, 0.5) is 5.13 Å². The maximum absolute atomic E-state index is 12.4. The van der Waals surface area contributed by atoms with E-state index in [-0.39, 0.29) is 17.9 Å². The first kappa shape index (κ1) is 16.2. The van der Waals surface area contributed by atoms with Gasteiger partial charge in [0.15, 0.2) is 5.13 Å². The molecular formula is C15H25N3O2S. The number of piperidine rings is 1. The number of aliphatic hydroxyl groups excluding tert-OH is 1. The maximum Gasteiger partial charge on any atom is 0.222 e. The molecule has 1 amide bonds. The second-order valence-electron chi connectivity index (χ2n) is 6.00. The molecule has 0 aromatic carbocycles. The number of aromatic nitrogens is 1. The SMILES string of the molecule is CCCC1(CO)CCCN(C(=O)CCc2csc(N)n2)C1.